The maximum absolute atomic E-state index is 9.62. The summed E-state index contributed by atoms with van der Waals surface area (Å²) in [5.41, 5.74) is 11.6. The van der Waals surface area contributed by atoms with E-state index < -0.39 is 6.41 Å². The van der Waals surface area contributed by atoms with Crippen molar-refractivity contribution in [2.24, 2.45) is 5.73 Å². The first-order valence-corrected chi connectivity index (χ1v) is 10.3. The SMILES string of the molecule is CC(C)(N)CN(Cc1ccccc1)Cc1cccc(-c2ccc3c(c2)OC(O)N3)c1. The van der Waals surface area contributed by atoms with Gasteiger partial charge in [0.05, 0.1) is 5.69 Å². The molecule has 1 unspecified atom stereocenters. The first kappa shape index (κ1) is 20.4. The molecule has 4 N–H and O–H groups in total. The van der Waals surface area contributed by atoms with Crippen LogP contribution in [0.3, 0.4) is 0 Å². The smallest absolute Gasteiger partial charge is 0.279 e. The van der Waals surface area contributed by atoms with Crippen molar-refractivity contribution in [1.29, 1.82) is 0 Å². The van der Waals surface area contributed by atoms with Gasteiger partial charge in [-0.25, -0.2) is 0 Å². The summed E-state index contributed by atoms with van der Waals surface area (Å²) in [6, 6.07) is 25.0. The largest absolute Gasteiger partial charge is 0.445 e. The molecule has 156 valence electrons. The summed E-state index contributed by atoms with van der Waals surface area (Å²) in [6.45, 7) is 6.58. The van der Waals surface area contributed by atoms with Gasteiger partial charge in [-0.1, -0.05) is 54.6 Å². The van der Waals surface area contributed by atoms with Gasteiger partial charge in [0, 0.05) is 25.2 Å². The highest BCUT2D eigenvalue weighted by Gasteiger charge is 2.20. The second kappa shape index (κ2) is 8.48. The van der Waals surface area contributed by atoms with Gasteiger partial charge in [-0.2, -0.15) is 0 Å². The maximum Gasteiger partial charge on any atom is 0.279 e. The summed E-state index contributed by atoms with van der Waals surface area (Å²) in [6.07, 6.45) is -0.979. The highest BCUT2D eigenvalue weighted by atomic mass is 16.6. The summed E-state index contributed by atoms with van der Waals surface area (Å²) < 4.78 is 5.41. The summed E-state index contributed by atoms with van der Waals surface area (Å²) in [5.74, 6) is 0.668. The molecule has 5 nitrogen and oxygen atoms in total. The molecule has 0 bridgehead atoms. The summed E-state index contributed by atoms with van der Waals surface area (Å²) >= 11 is 0. The molecule has 0 saturated carbocycles. The van der Waals surface area contributed by atoms with Gasteiger partial charge in [-0.05, 0) is 54.3 Å². The number of anilines is 1. The highest BCUT2D eigenvalue weighted by Crippen LogP contribution is 2.35. The normalized spacial score (nSPS) is 15.6. The second-order valence-corrected chi connectivity index (χ2v) is 8.65. The highest BCUT2D eigenvalue weighted by molar-refractivity contribution is 5.72. The first-order valence-electron chi connectivity index (χ1n) is 10.3. The molecule has 30 heavy (non-hydrogen) atoms. The minimum Gasteiger partial charge on any atom is -0.445 e. The fourth-order valence-corrected chi connectivity index (χ4v) is 3.89. The quantitative estimate of drug-likeness (QED) is 0.552. The molecule has 4 rings (SSSR count). The molecular weight excluding hydrogens is 374 g/mol. The zero-order chi connectivity index (χ0) is 21.1. The molecule has 0 radical (unpaired) electrons. The Labute approximate surface area is 178 Å². The molecule has 0 saturated heterocycles. The lowest BCUT2D eigenvalue weighted by Crippen LogP contribution is -2.44. The zero-order valence-electron chi connectivity index (χ0n) is 17.5. The third kappa shape index (κ3) is 5.19. The lowest BCUT2D eigenvalue weighted by atomic mass is 10.0. The summed E-state index contributed by atoms with van der Waals surface area (Å²) in [7, 11) is 0. The van der Waals surface area contributed by atoms with Gasteiger partial charge >= 0.3 is 0 Å². The Morgan fingerprint density at radius 2 is 1.63 bits per heavy atom. The number of fused-ring (bicyclic) bond motifs is 1. The molecule has 0 aromatic heterocycles. The molecule has 0 spiro atoms. The Bertz CT molecular complexity index is 999. The molecule has 1 atom stereocenters. The predicted molar refractivity (Wildman–Crippen MR) is 121 cm³/mol. The lowest BCUT2D eigenvalue weighted by Gasteiger charge is -2.30. The van der Waals surface area contributed by atoms with E-state index in [0.717, 1.165) is 36.4 Å². The number of nitrogens with two attached hydrogens (primary N) is 1. The second-order valence-electron chi connectivity index (χ2n) is 8.65. The van der Waals surface area contributed by atoms with Crippen molar-refractivity contribution in [3.63, 3.8) is 0 Å². The van der Waals surface area contributed by atoms with Crippen LogP contribution in [0.5, 0.6) is 5.75 Å². The Morgan fingerprint density at radius 1 is 0.933 bits per heavy atom. The minimum atomic E-state index is -0.979. The Hall–Kier alpha value is -2.86. The molecule has 5 heteroatoms. The maximum atomic E-state index is 9.62. The number of aliphatic hydroxyl groups excluding tert-OH is 1. The first-order chi connectivity index (χ1) is 14.4. The van der Waals surface area contributed by atoms with E-state index in [0.29, 0.717) is 5.75 Å². The molecule has 0 amide bonds. The van der Waals surface area contributed by atoms with E-state index >= 15 is 0 Å². The number of rotatable bonds is 7. The van der Waals surface area contributed by atoms with Gasteiger partial charge in [0.2, 0.25) is 0 Å². The van der Waals surface area contributed by atoms with Crippen molar-refractivity contribution in [2.45, 2.75) is 38.9 Å². The molecule has 0 aliphatic carbocycles. The van der Waals surface area contributed by atoms with Crippen LogP contribution in [0.25, 0.3) is 11.1 Å². The van der Waals surface area contributed by atoms with Crippen LogP contribution in [0.15, 0.2) is 72.8 Å². The predicted octanol–water partition coefficient (Wildman–Crippen LogP) is 4.17. The monoisotopic (exact) mass is 403 g/mol. The van der Waals surface area contributed by atoms with E-state index in [2.05, 4.69) is 72.6 Å². The fourth-order valence-electron chi connectivity index (χ4n) is 3.89. The zero-order valence-corrected chi connectivity index (χ0v) is 17.5. The van der Waals surface area contributed by atoms with Gasteiger partial charge in [-0.3, -0.25) is 4.90 Å². The average molecular weight is 404 g/mol. The lowest BCUT2D eigenvalue weighted by molar-refractivity contribution is 0.0212. The van der Waals surface area contributed by atoms with E-state index in [4.69, 9.17) is 10.5 Å². The molecule has 3 aromatic rings. The molecule has 3 aromatic carbocycles. The van der Waals surface area contributed by atoms with E-state index in [9.17, 15) is 5.11 Å². The van der Waals surface area contributed by atoms with E-state index in [1.165, 1.54) is 11.1 Å². The van der Waals surface area contributed by atoms with Crippen molar-refractivity contribution < 1.29 is 9.84 Å². The number of ether oxygens (including phenoxy) is 1. The minimum absolute atomic E-state index is 0.280. The van der Waals surface area contributed by atoms with Crippen LogP contribution in [0.2, 0.25) is 0 Å². The van der Waals surface area contributed by atoms with Gasteiger partial charge in [0.1, 0.15) is 5.75 Å². The summed E-state index contributed by atoms with van der Waals surface area (Å²) in [5, 5.41) is 12.5. The van der Waals surface area contributed by atoms with E-state index in [-0.39, 0.29) is 5.54 Å². The Kier molecular flexibility index (Phi) is 5.77. The standard InChI is InChI=1S/C25H29N3O2/c1-25(2,26)17-28(15-18-7-4-3-5-8-18)16-19-9-6-10-20(13-19)21-11-12-22-23(14-21)30-24(29)27-22/h3-14,24,27,29H,15-17,26H2,1-2H3. The van der Waals surface area contributed by atoms with Crippen LogP contribution in [-0.4, -0.2) is 28.5 Å². The van der Waals surface area contributed by atoms with Crippen LogP contribution in [0.4, 0.5) is 5.69 Å². The van der Waals surface area contributed by atoms with E-state index in [1.807, 2.05) is 24.3 Å². The summed E-state index contributed by atoms with van der Waals surface area (Å²) in [4.78, 5) is 2.39. The van der Waals surface area contributed by atoms with Crippen LogP contribution in [0, 0.1) is 0 Å². The Balaban J connectivity index is 1.55. The van der Waals surface area contributed by atoms with Gasteiger partial charge in [0.15, 0.2) is 0 Å². The molecule has 1 heterocycles. The van der Waals surface area contributed by atoms with Crippen molar-refractivity contribution in [3.8, 4) is 16.9 Å². The topological polar surface area (TPSA) is 70.8 Å². The number of aliphatic hydroxyl groups is 1. The van der Waals surface area contributed by atoms with Gasteiger partial charge in [-0.15, -0.1) is 0 Å². The number of hydrogen-bond donors (Lipinski definition) is 3. The molecule has 0 fully saturated rings. The molecule has 1 aliphatic rings. The Morgan fingerprint density at radius 3 is 2.40 bits per heavy atom. The molecule has 1 aliphatic heterocycles. The van der Waals surface area contributed by atoms with Crippen LogP contribution in [0.1, 0.15) is 25.0 Å². The van der Waals surface area contributed by atoms with Crippen molar-refractivity contribution in [2.75, 3.05) is 11.9 Å². The van der Waals surface area contributed by atoms with Crippen LogP contribution in [-0.2, 0) is 13.1 Å². The number of nitrogens with zero attached hydrogens (tertiary/aromatic N) is 1. The van der Waals surface area contributed by atoms with Crippen LogP contribution < -0.4 is 15.8 Å². The third-order valence-electron chi connectivity index (χ3n) is 5.05. The van der Waals surface area contributed by atoms with Crippen molar-refractivity contribution in [3.05, 3.63) is 83.9 Å². The third-order valence-corrected chi connectivity index (χ3v) is 5.05. The van der Waals surface area contributed by atoms with Crippen LogP contribution >= 0.6 is 0 Å². The van der Waals surface area contributed by atoms with Gasteiger partial charge < -0.3 is 20.9 Å². The van der Waals surface area contributed by atoms with E-state index in [1.54, 1.807) is 0 Å². The van der Waals surface area contributed by atoms with Crippen molar-refractivity contribution in [1.82, 2.24) is 4.90 Å². The number of hydrogen-bond acceptors (Lipinski definition) is 5. The molecular formula is C25H29N3O2. The number of nitrogens with one attached hydrogen (secondary N) is 1. The van der Waals surface area contributed by atoms with Crippen molar-refractivity contribution >= 4 is 5.69 Å². The number of benzene rings is 3. The fraction of sp³-hybridized carbons (Fsp3) is 0.280. The van der Waals surface area contributed by atoms with Gasteiger partial charge in [0.25, 0.3) is 6.41 Å². The average Bonchev–Trinajstić information content (AvgIpc) is 3.07.